The van der Waals surface area contributed by atoms with Gasteiger partial charge in [-0.3, -0.25) is 4.98 Å². The van der Waals surface area contributed by atoms with E-state index in [-0.39, 0.29) is 12.0 Å². The molecule has 1 atom stereocenters. The molecule has 1 aromatic carbocycles. The van der Waals surface area contributed by atoms with Crippen molar-refractivity contribution in [2.75, 3.05) is 0 Å². The Balaban J connectivity index is 1.81. The van der Waals surface area contributed by atoms with Crippen LogP contribution >= 0.6 is 0 Å². The molecule has 0 bridgehead atoms. The van der Waals surface area contributed by atoms with Crippen molar-refractivity contribution < 1.29 is 14.0 Å². The van der Waals surface area contributed by atoms with Gasteiger partial charge in [0.15, 0.2) is 0 Å². The fourth-order valence-corrected chi connectivity index (χ4v) is 2.99. The number of hydrogen-bond donors (Lipinski definition) is 0. The van der Waals surface area contributed by atoms with Gasteiger partial charge in [0.2, 0.25) is 5.71 Å². The third-order valence-corrected chi connectivity index (χ3v) is 4.25. The summed E-state index contributed by atoms with van der Waals surface area (Å²) in [5.41, 5.74) is 3.48. The van der Waals surface area contributed by atoms with Crippen LogP contribution in [0.15, 0.2) is 47.0 Å². The monoisotopic (exact) mass is 337 g/mol. The second kappa shape index (κ2) is 5.99. The standard InChI is InChI=1S/C22H22N2O/c1-13(2)10-16-8-9-18-17-6-5-7-19(21(17)25-22(18)24-16)20-11-14(3)15(4)12-23-20/h5-9,11-13H,10H2,1-4H3/i1D3,4D3,13D. The summed E-state index contributed by atoms with van der Waals surface area (Å²) in [6.07, 6.45) is 1.33. The van der Waals surface area contributed by atoms with E-state index in [0.29, 0.717) is 33.8 Å². The molecule has 3 nitrogen and oxygen atoms in total. The Morgan fingerprint density at radius 1 is 1.20 bits per heavy atom. The van der Waals surface area contributed by atoms with Crippen LogP contribution in [0, 0.1) is 19.7 Å². The van der Waals surface area contributed by atoms with Gasteiger partial charge in [0, 0.05) is 37.8 Å². The number of hydrogen-bond acceptors (Lipinski definition) is 3. The first-order chi connectivity index (χ1) is 14.8. The minimum atomic E-state index is -2.44. The zero-order valence-electron chi connectivity index (χ0n) is 21.1. The van der Waals surface area contributed by atoms with Gasteiger partial charge in [0.1, 0.15) is 5.58 Å². The summed E-state index contributed by atoms with van der Waals surface area (Å²) in [5.74, 6) is -1.67. The van der Waals surface area contributed by atoms with E-state index in [1.54, 1.807) is 19.1 Å². The number of benzene rings is 1. The number of para-hydroxylation sites is 1. The lowest BCUT2D eigenvalue weighted by Gasteiger charge is -2.05. The zero-order chi connectivity index (χ0) is 23.5. The predicted octanol–water partition coefficient (Wildman–Crippen LogP) is 5.86. The van der Waals surface area contributed by atoms with Crippen LogP contribution in [-0.4, -0.2) is 9.97 Å². The highest BCUT2D eigenvalue weighted by molar-refractivity contribution is 6.08. The van der Waals surface area contributed by atoms with E-state index in [2.05, 4.69) is 9.97 Å². The van der Waals surface area contributed by atoms with Crippen LogP contribution < -0.4 is 0 Å². The van der Waals surface area contributed by atoms with Gasteiger partial charge in [-0.15, -0.1) is 0 Å². The summed E-state index contributed by atoms with van der Waals surface area (Å²) in [6, 6.07) is 10.9. The number of aromatic nitrogens is 2. The normalized spacial score (nSPS) is 19.2. The molecule has 3 heterocycles. The van der Waals surface area contributed by atoms with Gasteiger partial charge in [0.25, 0.3) is 0 Å². The Kier molecular flexibility index (Phi) is 2.33. The van der Waals surface area contributed by atoms with Crippen molar-refractivity contribution in [1.82, 2.24) is 9.97 Å². The van der Waals surface area contributed by atoms with Crippen LogP contribution in [0.5, 0.6) is 0 Å². The molecule has 0 radical (unpaired) electrons. The quantitative estimate of drug-likeness (QED) is 0.470. The highest BCUT2D eigenvalue weighted by Crippen LogP contribution is 2.35. The molecule has 0 saturated heterocycles. The van der Waals surface area contributed by atoms with Crippen LogP contribution in [0.3, 0.4) is 0 Å². The van der Waals surface area contributed by atoms with E-state index >= 15 is 0 Å². The molecule has 0 aliphatic rings. The smallest absolute Gasteiger partial charge is 0.227 e. The second-order valence-corrected chi connectivity index (χ2v) is 6.28. The van der Waals surface area contributed by atoms with Crippen molar-refractivity contribution in [3.8, 4) is 11.3 Å². The summed E-state index contributed by atoms with van der Waals surface area (Å²) in [4.78, 5) is 8.84. The predicted molar refractivity (Wildman–Crippen MR) is 103 cm³/mol. The number of pyridine rings is 2. The number of nitrogens with zero attached hydrogens (tertiary/aromatic N) is 2. The van der Waals surface area contributed by atoms with Crippen LogP contribution in [0.1, 0.15) is 40.2 Å². The lowest BCUT2D eigenvalue weighted by Crippen LogP contribution is -1.96. The number of furan rings is 1. The SMILES string of the molecule is [2H]C([2H])([2H])c1cnc(-c2cccc3c2oc2nc(CC([2H])(C)C([2H])([2H])[2H])ccc23)cc1C. The average molecular weight is 337 g/mol. The highest BCUT2D eigenvalue weighted by Gasteiger charge is 2.14. The van der Waals surface area contributed by atoms with Gasteiger partial charge in [-0.25, -0.2) is 4.98 Å². The minimum Gasteiger partial charge on any atom is -0.437 e. The molecule has 4 aromatic rings. The molecule has 25 heavy (non-hydrogen) atoms. The first-order valence-corrected chi connectivity index (χ1v) is 8.07. The number of fused-ring (bicyclic) bond motifs is 3. The van der Waals surface area contributed by atoms with Crippen molar-refractivity contribution in [3.05, 3.63) is 59.4 Å². The molecule has 3 heteroatoms. The topological polar surface area (TPSA) is 38.9 Å². The lowest BCUT2D eigenvalue weighted by atomic mass is 10.0. The molecule has 0 spiro atoms. The maximum absolute atomic E-state index is 8.18. The molecule has 0 aliphatic carbocycles. The minimum absolute atomic E-state index is 0.0410. The van der Waals surface area contributed by atoms with Gasteiger partial charge < -0.3 is 4.42 Å². The number of rotatable bonds is 3. The zero-order valence-corrected chi connectivity index (χ0v) is 14.1. The Hall–Kier alpha value is -2.68. The van der Waals surface area contributed by atoms with E-state index < -0.39 is 19.6 Å². The molecular weight excluding hydrogens is 308 g/mol. The fourth-order valence-electron chi connectivity index (χ4n) is 2.99. The van der Waals surface area contributed by atoms with Crippen LogP contribution in [0.25, 0.3) is 33.3 Å². The summed E-state index contributed by atoms with van der Waals surface area (Å²) in [6.45, 7) is -1.56. The van der Waals surface area contributed by atoms with Gasteiger partial charge in [-0.2, -0.15) is 0 Å². The van der Waals surface area contributed by atoms with E-state index in [1.165, 1.54) is 13.1 Å². The van der Waals surface area contributed by atoms with Crippen molar-refractivity contribution >= 4 is 22.1 Å². The molecule has 0 amide bonds. The van der Waals surface area contributed by atoms with Gasteiger partial charge in [-0.1, -0.05) is 25.9 Å². The third-order valence-electron chi connectivity index (χ3n) is 4.25. The summed E-state index contributed by atoms with van der Waals surface area (Å²) in [5, 5.41) is 1.59. The molecule has 0 aliphatic heterocycles. The van der Waals surface area contributed by atoms with Crippen molar-refractivity contribution in [2.24, 2.45) is 5.89 Å². The molecule has 0 fully saturated rings. The maximum atomic E-state index is 8.18. The van der Waals surface area contributed by atoms with E-state index in [1.807, 2.05) is 24.3 Å². The molecule has 4 rings (SSSR count). The Morgan fingerprint density at radius 3 is 2.92 bits per heavy atom. The summed E-state index contributed by atoms with van der Waals surface area (Å²) >= 11 is 0. The number of aryl methyl sites for hydroxylation is 2. The van der Waals surface area contributed by atoms with Gasteiger partial charge in [-0.05, 0) is 61.5 Å². The second-order valence-electron chi connectivity index (χ2n) is 6.28. The van der Waals surface area contributed by atoms with Crippen molar-refractivity contribution in [2.45, 2.75) is 34.0 Å². The van der Waals surface area contributed by atoms with Gasteiger partial charge >= 0.3 is 0 Å². The lowest BCUT2D eigenvalue weighted by molar-refractivity contribution is 0.621. The molecule has 0 N–H and O–H groups in total. The van der Waals surface area contributed by atoms with Gasteiger partial charge in [0.05, 0.1) is 5.69 Å². The fraction of sp³-hybridized carbons (Fsp3) is 0.273. The van der Waals surface area contributed by atoms with E-state index in [0.717, 1.165) is 10.8 Å². The first kappa shape index (κ1) is 9.71. The average Bonchev–Trinajstić information content (AvgIpc) is 3.03. The van der Waals surface area contributed by atoms with Crippen LogP contribution in [0.2, 0.25) is 0 Å². The Labute approximate surface area is 157 Å². The van der Waals surface area contributed by atoms with Crippen molar-refractivity contribution in [3.63, 3.8) is 0 Å². The van der Waals surface area contributed by atoms with Crippen LogP contribution in [0.4, 0.5) is 0 Å². The Bertz CT molecular complexity index is 1320. The molecule has 0 saturated carbocycles. The highest BCUT2D eigenvalue weighted by atomic mass is 16.3. The maximum Gasteiger partial charge on any atom is 0.227 e. The molecule has 1 unspecified atom stereocenters. The summed E-state index contributed by atoms with van der Waals surface area (Å²) in [7, 11) is 0. The van der Waals surface area contributed by atoms with E-state index in [4.69, 9.17) is 14.0 Å². The summed E-state index contributed by atoms with van der Waals surface area (Å²) < 4.78 is 59.9. The Morgan fingerprint density at radius 2 is 2.12 bits per heavy atom. The first-order valence-electron chi connectivity index (χ1n) is 11.6. The van der Waals surface area contributed by atoms with Crippen LogP contribution in [-0.2, 0) is 6.42 Å². The molecule has 126 valence electrons. The molecule has 3 aromatic heterocycles. The largest absolute Gasteiger partial charge is 0.437 e. The van der Waals surface area contributed by atoms with Crippen molar-refractivity contribution in [1.29, 1.82) is 0 Å². The van der Waals surface area contributed by atoms with E-state index in [9.17, 15) is 0 Å². The third kappa shape index (κ3) is 2.80. The molecular formula is C22H22N2O.